The molecule has 0 bridgehead atoms. The summed E-state index contributed by atoms with van der Waals surface area (Å²) >= 11 is 0. The maximum Gasteiger partial charge on any atom is 0.128 e. The van der Waals surface area contributed by atoms with Crippen LogP contribution in [0.15, 0.2) is 24.3 Å². The highest BCUT2D eigenvalue weighted by Gasteiger charge is 2.45. The highest BCUT2D eigenvalue weighted by atomic mass is 19.1. The SMILES string of the molecule is Fc1ccccc1C12CCCCC1OCCN2. The third kappa shape index (κ3) is 1.78. The first-order valence-corrected chi connectivity index (χ1v) is 6.44. The lowest BCUT2D eigenvalue weighted by atomic mass is 9.73. The summed E-state index contributed by atoms with van der Waals surface area (Å²) in [7, 11) is 0. The molecule has 0 aromatic heterocycles. The minimum absolute atomic E-state index is 0.114. The van der Waals surface area contributed by atoms with E-state index in [0.717, 1.165) is 38.0 Å². The van der Waals surface area contributed by atoms with E-state index in [1.807, 2.05) is 12.1 Å². The Bertz CT molecular complexity index is 395. The second-order valence-electron chi connectivity index (χ2n) is 4.98. The van der Waals surface area contributed by atoms with Gasteiger partial charge in [0.1, 0.15) is 5.82 Å². The summed E-state index contributed by atoms with van der Waals surface area (Å²) < 4.78 is 19.9. The normalized spacial score (nSPS) is 33.1. The van der Waals surface area contributed by atoms with Gasteiger partial charge in [0, 0.05) is 12.1 Å². The second-order valence-corrected chi connectivity index (χ2v) is 4.98. The van der Waals surface area contributed by atoms with E-state index in [1.54, 1.807) is 12.1 Å². The second kappa shape index (κ2) is 4.39. The lowest BCUT2D eigenvalue weighted by Gasteiger charge is -2.48. The number of hydrogen-bond donors (Lipinski definition) is 1. The Morgan fingerprint density at radius 1 is 1.29 bits per heavy atom. The molecule has 92 valence electrons. The van der Waals surface area contributed by atoms with Crippen LogP contribution >= 0.6 is 0 Å². The highest BCUT2D eigenvalue weighted by Crippen LogP contribution is 2.41. The molecule has 2 nitrogen and oxygen atoms in total. The van der Waals surface area contributed by atoms with Gasteiger partial charge in [0.05, 0.1) is 18.2 Å². The molecular formula is C14H18FNO. The maximum absolute atomic E-state index is 14.0. The first kappa shape index (κ1) is 11.2. The van der Waals surface area contributed by atoms with Gasteiger partial charge in [-0.3, -0.25) is 0 Å². The van der Waals surface area contributed by atoms with Crippen molar-refractivity contribution in [3.8, 4) is 0 Å². The number of rotatable bonds is 1. The summed E-state index contributed by atoms with van der Waals surface area (Å²) in [5.41, 5.74) is 0.492. The van der Waals surface area contributed by atoms with E-state index >= 15 is 0 Å². The number of halogens is 1. The van der Waals surface area contributed by atoms with Gasteiger partial charge >= 0.3 is 0 Å². The Morgan fingerprint density at radius 2 is 2.18 bits per heavy atom. The molecule has 1 aliphatic heterocycles. The molecule has 17 heavy (non-hydrogen) atoms. The zero-order chi connectivity index (χ0) is 11.7. The molecule has 1 N–H and O–H groups in total. The van der Waals surface area contributed by atoms with Crippen LogP contribution in [-0.4, -0.2) is 19.3 Å². The first-order chi connectivity index (χ1) is 8.33. The van der Waals surface area contributed by atoms with Gasteiger partial charge in [-0.15, -0.1) is 0 Å². The summed E-state index contributed by atoms with van der Waals surface area (Å²) in [6.45, 7) is 1.55. The van der Waals surface area contributed by atoms with Crippen molar-refractivity contribution in [3.63, 3.8) is 0 Å². The van der Waals surface area contributed by atoms with E-state index in [9.17, 15) is 4.39 Å². The third-order valence-corrected chi connectivity index (χ3v) is 4.05. The van der Waals surface area contributed by atoms with Gasteiger partial charge in [0.15, 0.2) is 0 Å². The predicted octanol–water partition coefficient (Wildman–Crippen LogP) is 2.58. The third-order valence-electron chi connectivity index (χ3n) is 4.05. The number of benzene rings is 1. The van der Waals surface area contributed by atoms with Gasteiger partial charge in [0.25, 0.3) is 0 Å². The molecule has 1 aromatic carbocycles. The Hall–Kier alpha value is -0.930. The smallest absolute Gasteiger partial charge is 0.128 e. The highest BCUT2D eigenvalue weighted by molar-refractivity contribution is 5.29. The van der Waals surface area contributed by atoms with E-state index in [1.165, 1.54) is 6.42 Å². The van der Waals surface area contributed by atoms with E-state index in [2.05, 4.69) is 5.32 Å². The van der Waals surface area contributed by atoms with Crippen LogP contribution in [0, 0.1) is 5.82 Å². The fourth-order valence-corrected chi connectivity index (χ4v) is 3.27. The molecule has 3 heteroatoms. The zero-order valence-electron chi connectivity index (χ0n) is 9.92. The molecule has 1 saturated carbocycles. The lowest BCUT2D eigenvalue weighted by molar-refractivity contribution is -0.0768. The van der Waals surface area contributed by atoms with Crippen molar-refractivity contribution in [3.05, 3.63) is 35.6 Å². The van der Waals surface area contributed by atoms with Gasteiger partial charge in [-0.25, -0.2) is 4.39 Å². The number of fused-ring (bicyclic) bond motifs is 1. The fraction of sp³-hybridized carbons (Fsp3) is 0.571. The maximum atomic E-state index is 14.0. The molecule has 1 aromatic rings. The first-order valence-electron chi connectivity index (χ1n) is 6.44. The van der Waals surface area contributed by atoms with Crippen LogP contribution in [0.2, 0.25) is 0 Å². The Labute approximate surface area is 101 Å². The van der Waals surface area contributed by atoms with E-state index in [0.29, 0.717) is 0 Å². The van der Waals surface area contributed by atoms with Crippen LogP contribution in [0.25, 0.3) is 0 Å². The number of morpholine rings is 1. The topological polar surface area (TPSA) is 21.3 Å². The van der Waals surface area contributed by atoms with Crippen molar-refractivity contribution in [2.24, 2.45) is 0 Å². The molecule has 2 fully saturated rings. The van der Waals surface area contributed by atoms with Gasteiger partial charge in [-0.2, -0.15) is 0 Å². The molecular weight excluding hydrogens is 217 g/mol. The van der Waals surface area contributed by atoms with Crippen molar-refractivity contribution < 1.29 is 9.13 Å². The Balaban J connectivity index is 2.04. The lowest BCUT2D eigenvalue weighted by Crippen LogP contribution is -2.59. The molecule has 0 spiro atoms. The largest absolute Gasteiger partial charge is 0.375 e. The molecule has 2 atom stereocenters. The van der Waals surface area contributed by atoms with E-state index in [-0.39, 0.29) is 17.5 Å². The summed E-state index contributed by atoms with van der Waals surface area (Å²) in [4.78, 5) is 0. The molecule has 2 unspecified atom stereocenters. The van der Waals surface area contributed by atoms with Crippen molar-refractivity contribution >= 4 is 0 Å². The van der Waals surface area contributed by atoms with Crippen molar-refractivity contribution in [2.45, 2.75) is 37.3 Å². The Morgan fingerprint density at radius 3 is 3.06 bits per heavy atom. The van der Waals surface area contributed by atoms with E-state index in [4.69, 9.17) is 4.74 Å². The summed E-state index contributed by atoms with van der Waals surface area (Å²) in [5, 5.41) is 3.53. The zero-order valence-corrected chi connectivity index (χ0v) is 9.92. The van der Waals surface area contributed by atoms with Gasteiger partial charge < -0.3 is 10.1 Å². The fourth-order valence-electron chi connectivity index (χ4n) is 3.27. The van der Waals surface area contributed by atoms with Crippen LogP contribution in [0.3, 0.4) is 0 Å². The van der Waals surface area contributed by atoms with E-state index < -0.39 is 0 Å². The summed E-state index contributed by atoms with van der Waals surface area (Å²) in [6, 6.07) is 7.10. The molecule has 2 aliphatic rings. The number of ether oxygens (including phenoxy) is 1. The van der Waals surface area contributed by atoms with Crippen LogP contribution < -0.4 is 5.32 Å². The van der Waals surface area contributed by atoms with Gasteiger partial charge in [-0.05, 0) is 18.9 Å². The quantitative estimate of drug-likeness (QED) is 0.807. The molecule has 1 saturated heterocycles. The molecule has 3 rings (SSSR count). The van der Waals surface area contributed by atoms with Crippen molar-refractivity contribution in [2.75, 3.05) is 13.2 Å². The average molecular weight is 235 g/mol. The van der Waals surface area contributed by atoms with Crippen molar-refractivity contribution in [1.82, 2.24) is 5.32 Å². The van der Waals surface area contributed by atoms with Crippen LogP contribution in [-0.2, 0) is 10.3 Å². The molecule has 0 amide bonds. The Kier molecular flexibility index (Phi) is 2.89. The van der Waals surface area contributed by atoms with Crippen LogP contribution in [0.4, 0.5) is 4.39 Å². The van der Waals surface area contributed by atoms with Gasteiger partial charge in [0.2, 0.25) is 0 Å². The predicted molar refractivity (Wildman–Crippen MR) is 64.3 cm³/mol. The summed E-state index contributed by atoms with van der Waals surface area (Å²) in [6.07, 6.45) is 4.45. The standard InChI is InChI=1S/C14H18FNO/c15-12-6-2-1-5-11(12)14-8-4-3-7-13(14)17-10-9-16-14/h1-2,5-6,13,16H,3-4,7-10H2. The summed E-state index contributed by atoms with van der Waals surface area (Å²) in [5.74, 6) is -0.114. The minimum atomic E-state index is -0.290. The van der Waals surface area contributed by atoms with Gasteiger partial charge in [-0.1, -0.05) is 31.0 Å². The molecule has 0 radical (unpaired) electrons. The number of nitrogens with one attached hydrogen (secondary N) is 1. The van der Waals surface area contributed by atoms with Crippen molar-refractivity contribution in [1.29, 1.82) is 0 Å². The molecule has 1 heterocycles. The monoisotopic (exact) mass is 235 g/mol. The van der Waals surface area contributed by atoms with Crippen LogP contribution in [0.5, 0.6) is 0 Å². The average Bonchev–Trinajstić information content (AvgIpc) is 2.39. The minimum Gasteiger partial charge on any atom is -0.375 e. The van der Waals surface area contributed by atoms with Crippen LogP contribution in [0.1, 0.15) is 31.2 Å². The number of hydrogen-bond acceptors (Lipinski definition) is 2. The molecule has 1 aliphatic carbocycles.